The third-order valence-corrected chi connectivity index (χ3v) is 8.80. The number of benzene rings is 1. The Bertz CT molecular complexity index is 1380. The van der Waals surface area contributed by atoms with E-state index < -0.39 is 15.8 Å². The van der Waals surface area contributed by atoms with Gasteiger partial charge in [0.2, 0.25) is 10.0 Å². The zero-order valence-corrected chi connectivity index (χ0v) is 19.7. The molecule has 3 aliphatic heterocycles. The molecule has 3 saturated heterocycles. The van der Waals surface area contributed by atoms with Crippen molar-refractivity contribution in [3.63, 3.8) is 0 Å². The van der Waals surface area contributed by atoms with Crippen LogP contribution in [0.5, 0.6) is 5.75 Å². The largest absolute Gasteiger partial charge is 0.494 e. The van der Waals surface area contributed by atoms with E-state index in [2.05, 4.69) is 19.5 Å². The maximum absolute atomic E-state index is 14.7. The van der Waals surface area contributed by atoms with Gasteiger partial charge in [0, 0.05) is 67.0 Å². The monoisotopic (exact) mass is 483 g/mol. The number of hydrogen-bond acceptors (Lipinski definition) is 7. The van der Waals surface area contributed by atoms with E-state index in [1.165, 1.54) is 19.6 Å². The van der Waals surface area contributed by atoms with E-state index in [4.69, 9.17) is 9.72 Å². The number of hydrogen-bond donors (Lipinski definition) is 1. The zero-order valence-electron chi connectivity index (χ0n) is 18.9. The van der Waals surface area contributed by atoms with Gasteiger partial charge in [0.15, 0.2) is 11.6 Å². The minimum absolute atomic E-state index is 0.121. The number of nitrogens with zero attached hydrogens (tertiary/aromatic N) is 4. The van der Waals surface area contributed by atoms with E-state index in [1.54, 1.807) is 6.07 Å². The number of rotatable bonds is 4. The van der Waals surface area contributed by atoms with Gasteiger partial charge in [0.25, 0.3) is 0 Å². The highest BCUT2D eigenvalue weighted by Crippen LogP contribution is 2.41. The normalized spacial score (nSPS) is 23.6. The lowest BCUT2D eigenvalue weighted by Gasteiger charge is -2.31. The second-order valence-electron chi connectivity index (χ2n) is 9.53. The maximum Gasteiger partial charge on any atom is 0.212 e. The number of anilines is 2. The van der Waals surface area contributed by atoms with E-state index >= 15 is 0 Å². The molecule has 0 bridgehead atoms. The Kier molecular flexibility index (Phi) is 4.93. The summed E-state index contributed by atoms with van der Waals surface area (Å²) < 4.78 is 46.7. The molecule has 3 fully saturated rings. The van der Waals surface area contributed by atoms with Crippen molar-refractivity contribution < 1.29 is 17.5 Å². The van der Waals surface area contributed by atoms with Crippen LogP contribution >= 0.6 is 0 Å². The Balaban J connectivity index is 1.43. The summed E-state index contributed by atoms with van der Waals surface area (Å²) in [4.78, 5) is 13.8. The van der Waals surface area contributed by atoms with E-state index in [9.17, 15) is 12.8 Å². The summed E-state index contributed by atoms with van der Waals surface area (Å²) in [5.41, 5.74) is 2.73. The predicted octanol–water partition coefficient (Wildman–Crippen LogP) is 2.78. The predicted molar refractivity (Wildman–Crippen MR) is 129 cm³/mol. The van der Waals surface area contributed by atoms with Crippen LogP contribution in [0.2, 0.25) is 0 Å². The number of ether oxygens (including phenoxy) is 1. The van der Waals surface area contributed by atoms with Crippen molar-refractivity contribution in [2.75, 3.05) is 55.4 Å². The first-order valence-electron chi connectivity index (χ1n) is 11.5. The van der Waals surface area contributed by atoms with Gasteiger partial charge < -0.3 is 14.5 Å². The molecule has 34 heavy (non-hydrogen) atoms. The lowest BCUT2D eigenvalue weighted by atomic mass is 9.90. The van der Waals surface area contributed by atoms with Crippen LogP contribution in [0.25, 0.3) is 22.2 Å². The molecule has 10 heteroatoms. The van der Waals surface area contributed by atoms with Gasteiger partial charge in [0.05, 0.1) is 24.1 Å². The molecule has 1 spiro atoms. The number of halogens is 1. The van der Waals surface area contributed by atoms with Crippen molar-refractivity contribution in [1.29, 1.82) is 0 Å². The number of sulfonamides is 1. The molecule has 0 amide bonds. The summed E-state index contributed by atoms with van der Waals surface area (Å²) in [5, 5.41) is 0.679. The highest BCUT2D eigenvalue weighted by molar-refractivity contribution is 7.89. The Morgan fingerprint density at radius 2 is 2.00 bits per heavy atom. The van der Waals surface area contributed by atoms with Gasteiger partial charge in [-0.3, -0.25) is 0 Å². The quantitative estimate of drug-likeness (QED) is 0.611. The third-order valence-electron chi connectivity index (χ3n) is 7.23. The second kappa shape index (κ2) is 7.78. The van der Waals surface area contributed by atoms with Crippen LogP contribution in [-0.2, 0) is 10.0 Å². The highest BCUT2D eigenvalue weighted by Gasteiger charge is 2.47. The number of aromatic nitrogens is 2. The number of pyridine rings is 2. The van der Waals surface area contributed by atoms with Crippen LogP contribution in [0.1, 0.15) is 12.8 Å². The molecule has 3 aromatic rings. The fourth-order valence-corrected chi connectivity index (χ4v) is 6.99. The average Bonchev–Trinajstić information content (AvgIpc) is 3.33. The molecule has 6 rings (SSSR count). The fourth-order valence-electron chi connectivity index (χ4n) is 5.22. The van der Waals surface area contributed by atoms with Gasteiger partial charge in [-0.2, -0.15) is 0 Å². The molecule has 1 unspecified atom stereocenters. The number of nitrogens with one attached hydrogen (secondary N) is 1. The molecule has 8 nitrogen and oxygen atoms in total. The smallest absolute Gasteiger partial charge is 0.212 e. The molecule has 1 aromatic carbocycles. The average molecular weight is 484 g/mol. The first kappa shape index (κ1) is 21.5. The standard InChI is InChI=1S/C24H26FN5O3S/c1-33-22-11-20-17(9-18(22)25)21(30-8-5-24(14-30)13-27-34(31,32)15-24)10-19(28-20)16-3-4-23(26-12-16)29-6-2-7-29/h3-4,9-12,27H,2,5-8,13-15H2,1H3. The van der Waals surface area contributed by atoms with Crippen LogP contribution in [0.4, 0.5) is 15.9 Å². The molecule has 178 valence electrons. The first-order chi connectivity index (χ1) is 16.3. The molecule has 3 aliphatic rings. The van der Waals surface area contributed by atoms with Crippen molar-refractivity contribution in [2.45, 2.75) is 12.8 Å². The molecule has 0 saturated carbocycles. The summed E-state index contributed by atoms with van der Waals surface area (Å²) in [6.07, 6.45) is 3.76. The lowest BCUT2D eigenvalue weighted by Crippen LogP contribution is -2.37. The van der Waals surface area contributed by atoms with Gasteiger partial charge in [-0.15, -0.1) is 0 Å². The molecule has 1 N–H and O–H groups in total. The van der Waals surface area contributed by atoms with Crippen molar-refractivity contribution in [1.82, 2.24) is 14.7 Å². The Hall–Kier alpha value is -2.98. The summed E-state index contributed by atoms with van der Waals surface area (Å²) in [7, 11) is -1.80. The second-order valence-corrected chi connectivity index (χ2v) is 11.3. The van der Waals surface area contributed by atoms with Gasteiger partial charge in [-0.1, -0.05) is 0 Å². The summed E-state index contributed by atoms with van der Waals surface area (Å²) >= 11 is 0. The van der Waals surface area contributed by atoms with E-state index in [1.807, 2.05) is 24.4 Å². The molecule has 0 aliphatic carbocycles. The van der Waals surface area contributed by atoms with Crippen LogP contribution in [0, 0.1) is 11.2 Å². The third kappa shape index (κ3) is 3.65. The van der Waals surface area contributed by atoms with Crippen LogP contribution < -0.4 is 19.3 Å². The lowest BCUT2D eigenvalue weighted by molar-refractivity contribution is 0.387. The van der Waals surface area contributed by atoms with Gasteiger partial charge in [-0.25, -0.2) is 27.5 Å². The van der Waals surface area contributed by atoms with Crippen LogP contribution in [0.15, 0.2) is 36.5 Å². The molecular formula is C24H26FN5O3S. The Morgan fingerprint density at radius 3 is 2.65 bits per heavy atom. The van der Waals surface area contributed by atoms with E-state index in [0.717, 1.165) is 42.3 Å². The SMILES string of the molecule is COc1cc2nc(-c3ccc(N4CCC4)nc3)cc(N3CCC4(CNS(=O)(=O)C4)C3)c2cc1F. The molecule has 1 atom stereocenters. The molecule has 5 heterocycles. The molecule has 2 aromatic heterocycles. The fraction of sp³-hybridized carbons (Fsp3) is 0.417. The zero-order chi connectivity index (χ0) is 23.5. The van der Waals surface area contributed by atoms with E-state index in [-0.39, 0.29) is 16.9 Å². The van der Waals surface area contributed by atoms with Crippen molar-refractivity contribution in [3.8, 4) is 17.0 Å². The highest BCUT2D eigenvalue weighted by atomic mass is 32.2. The minimum atomic E-state index is -3.24. The van der Waals surface area contributed by atoms with Crippen molar-refractivity contribution in [3.05, 3.63) is 42.3 Å². The summed E-state index contributed by atoms with van der Waals surface area (Å²) in [6.45, 7) is 3.76. The topological polar surface area (TPSA) is 87.7 Å². The van der Waals surface area contributed by atoms with Gasteiger partial charge in [-0.05, 0) is 37.1 Å². The summed E-state index contributed by atoms with van der Waals surface area (Å²) in [5.74, 6) is 0.760. The van der Waals surface area contributed by atoms with Crippen molar-refractivity contribution in [2.24, 2.45) is 5.41 Å². The van der Waals surface area contributed by atoms with E-state index in [0.29, 0.717) is 30.5 Å². The number of fused-ring (bicyclic) bond motifs is 1. The molecule has 0 radical (unpaired) electrons. The van der Waals surface area contributed by atoms with Crippen LogP contribution in [-0.4, -0.2) is 64.0 Å². The minimum Gasteiger partial charge on any atom is -0.494 e. The van der Waals surface area contributed by atoms with Gasteiger partial charge >= 0.3 is 0 Å². The molecular weight excluding hydrogens is 457 g/mol. The Labute approximate surface area is 197 Å². The number of methoxy groups -OCH3 is 1. The van der Waals surface area contributed by atoms with Crippen molar-refractivity contribution >= 4 is 32.4 Å². The maximum atomic E-state index is 14.7. The summed E-state index contributed by atoms with van der Waals surface area (Å²) in [6, 6.07) is 9.06. The first-order valence-corrected chi connectivity index (χ1v) is 13.1. The van der Waals surface area contributed by atoms with Crippen LogP contribution in [0.3, 0.4) is 0 Å². The Morgan fingerprint density at radius 1 is 1.15 bits per heavy atom. The van der Waals surface area contributed by atoms with Gasteiger partial charge in [0.1, 0.15) is 5.82 Å².